The standard InChI is InChI=1S/C17H20ClN3O4/c1-17(2,3)14-13(7-21(14)16(22)23)25-12-5-9-10(6-11(12)24-4)19-8-20-15(9)18/h5-6,8,13-14H,7H2,1-4H3,(H,22,23). The van der Waals surface area contributed by atoms with Crippen LogP contribution < -0.4 is 9.47 Å². The lowest BCUT2D eigenvalue weighted by Crippen LogP contribution is -2.68. The van der Waals surface area contributed by atoms with Crippen LogP contribution in [0.5, 0.6) is 11.5 Å². The molecule has 1 amide bonds. The maximum atomic E-state index is 11.4. The van der Waals surface area contributed by atoms with Crippen molar-refractivity contribution < 1.29 is 19.4 Å². The quantitative estimate of drug-likeness (QED) is 0.838. The van der Waals surface area contributed by atoms with Crippen LogP contribution in [-0.2, 0) is 0 Å². The third-order valence-corrected chi connectivity index (χ3v) is 4.65. The number of benzene rings is 1. The van der Waals surface area contributed by atoms with Crippen molar-refractivity contribution in [2.45, 2.75) is 32.9 Å². The Labute approximate surface area is 150 Å². The van der Waals surface area contributed by atoms with E-state index in [1.807, 2.05) is 20.8 Å². The number of amides is 1. The van der Waals surface area contributed by atoms with Gasteiger partial charge in [0.25, 0.3) is 0 Å². The van der Waals surface area contributed by atoms with Gasteiger partial charge in [-0.3, -0.25) is 4.90 Å². The molecule has 0 saturated carbocycles. The molecule has 0 bridgehead atoms. The number of aromatic nitrogens is 2. The molecule has 2 unspecified atom stereocenters. The van der Waals surface area contributed by atoms with Gasteiger partial charge in [-0.2, -0.15) is 0 Å². The molecule has 1 aliphatic heterocycles. The molecule has 2 atom stereocenters. The first-order chi connectivity index (χ1) is 11.7. The maximum absolute atomic E-state index is 11.4. The molecule has 25 heavy (non-hydrogen) atoms. The van der Waals surface area contributed by atoms with Gasteiger partial charge in [0.2, 0.25) is 0 Å². The molecule has 2 heterocycles. The lowest BCUT2D eigenvalue weighted by atomic mass is 9.77. The molecule has 0 radical (unpaired) electrons. The lowest BCUT2D eigenvalue weighted by molar-refractivity contribution is -0.0780. The number of carbonyl (C=O) groups is 1. The Morgan fingerprint density at radius 3 is 2.64 bits per heavy atom. The van der Waals surface area contributed by atoms with E-state index in [9.17, 15) is 9.90 Å². The number of hydrogen-bond donors (Lipinski definition) is 1. The normalized spacial score (nSPS) is 20.3. The number of nitrogens with zero attached hydrogens (tertiary/aromatic N) is 3. The molecule has 1 fully saturated rings. The zero-order valence-corrected chi connectivity index (χ0v) is 15.2. The predicted octanol–water partition coefficient (Wildman–Crippen LogP) is 3.45. The highest BCUT2D eigenvalue weighted by Crippen LogP contribution is 2.40. The van der Waals surface area contributed by atoms with Gasteiger partial charge in [0.15, 0.2) is 11.5 Å². The number of fused-ring (bicyclic) bond motifs is 1. The van der Waals surface area contributed by atoms with E-state index in [0.717, 1.165) is 0 Å². The number of ether oxygens (including phenoxy) is 2. The van der Waals surface area contributed by atoms with Crippen LogP contribution in [-0.4, -0.2) is 51.9 Å². The van der Waals surface area contributed by atoms with Gasteiger partial charge in [-0.05, 0) is 11.5 Å². The molecule has 1 aromatic heterocycles. The summed E-state index contributed by atoms with van der Waals surface area (Å²) in [6.07, 6.45) is 0.171. The van der Waals surface area contributed by atoms with Gasteiger partial charge in [0.05, 0.1) is 25.2 Å². The van der Waals surface area contributed by atoms with E-state index >= 15 is 0 Å². The zero-order valence-electron chi connectivity index (χ0n) is 14.5. The maximum Gasteiger partial charge on any atom is 0.407 e. The number of methoxy groups -OCH3 is 1. The second-order valence-corrected chi connectivity index (χ2v) is 7.44. The van der Waals surface area contributed by atoms with Crippen molar-refractivity contribution in [3.8, 4) is 11.5 Å². The summed E-state index contributed by atoms with van der Waals surface area (Å²) >= 11 is 6.14. The van der Waals surface area contributed by atoms with Gasteiger partial charge in [0, 0.05) is 11.5 Å². The minimum absolute atomic E-state index is 0.257. The Balaban J connectivity index is 1.94. The van der Waals surface area contributed by atoms with Crippen LogP contribution in [0.3, 0.4) is 0 Å². The summed E-state index contributed by atoms with van der Waals surface area (Å²) < 4.78 is 11.5. The average molecular weight is 366 g/mol. The Bertz CT molecular complexity index is 821. The fraction of sp³-hybridized carbons (Fsp3) is 0.471. The van der Waals surface area contributed by atoms with E-state index in [2.05, 4.69) is 9.97 Å². The molecule has 8 heteroatoms. The topological polar surface area (TPSA) is 84.8 Å². The van der Waals surface area contributed by atoms with Gasteiger partial charge in [-0.25, -0.2) is 14.8 Å². The number of likely N-dealkylation sites (tertiary alicyclic amines) is 1. The molecule has 7 nitrogen and oxygen atoms in total. The van der Waals surface area contributed by atoms with Crippen LogP contribution in [0.2, 0.25) is 5.15 Å². The van der Waals surface area contributed by atoms with Crippen LogP contribution in [0.25, 0.3) is 10.9 Å². The Morgan fingerprint density at radius 2 is 2.04 bits per heavy atom. The highest BCUT2D eigenvalue weighted by molar-refractivity contribution is 6.34. The largest absolute Gasteiger partial charge is 0.493 e. The third-order valence-electron chi connectivity index (χ3n) is 4.35. The Morgan fingerprint density at radius 1 is 1.32 bits per heavy atom. The first kappa shape index (κ1) is 17.5. The van der Waals surface area contributed by atoms with E-state index in [-0.39, 0.29) is 17.6 Å². The average Bonchev–Trinajstić information content (AvgIpc) is 2.48. The number of halogens is 1. The van der Waals surface area contributed by atoms with Crippen LogP contribution in [0, 0.1) is 5.41 Å². The first-order valence-corrected chi connectivity index (χ1v) is 8.24. The number of hydrogen-bond acceptors (Lipinski definition) is 5. The summed E-state index contributed by atoms with van der Waals surface area (Å²) in [5.41, 5.74) is 0.393. The minimum Gasteiger partial charge on any atom is -0.493 e. The summed E-state index contributed by atoms with van der Waals surface area (Å²) in [5, 5.41) is 10.3. The summed E-state index contributed by atoms with van der Waals surface area (Å²) in [5.74, 6) is 1.01. The van der Waals surface area contributed by atoms with Gasteiger partial charge in [-0.1, -0.05) is 32.4 Å². The molecular formula is C17H20ClN3O4. The predicted molar refractivity (Wildman–Crippen MR) is 93.5 cm³/mol. The van der Waals surface area contributed by atoms with Gasteiger partial charge < -0.3 is 14.6 Å². The second kappa shape index (κ2) is 6.22. The molecule has 3 rings (SSSR count). The van der Waals surface area contributed by atoms with E-state index in [1.165, 1.54) is 11.2 Å². The van der Waals surface area contributed by atoms with E-state index in [1.54, 1.807) is 19.2 Å². The molecule has 1 aromatic carbocycles. The number of rotatable bonds is 3. The van der Waals surface area contributed by atoms with E-state index < -0.39 is 6.09 Å². The van der Waals surface area contributed by atoms with Crippen molar-refractivity contribution in [3.63, 3.8) is 0 Å². The van der Waals surface area contributed by atoms with Crippen LogP contribution in [0.15, 0.2) is 18.5 Å². The van der Waals surface area contributed by atoms with E-state index in [0.29, 0.717) is 34.1 Å². The minimum atomic E-state index is -0.943. The third kappa shape index (κ3) is 3.16. The molecule has 2 aromatic rings. The highest BCUT2D eigenvalue weighted by atomic mass is 35.5. The van der Waals surface area contributed by atoms with Crippen molar-refractivity contribution in [1.82, 2.24) is 14.9 Å². The Kier molecular flexibility index (Phi) is 4.36. The van der Waals surface area contributed by atoms with Crippen LogP contribution >= 0.6 is 11.6 Å². The smallest absolute Gasteiger partial charge is 0.407 e. The fourth-order valence-electron chi connectivity index (χ4n) is 3.24. The highest BCUT2D eigenvalue weighted by Gasteiger charge is 2.50. The van der Waals surface area contributed by atoms with Crippen LogP contribution in [0.4, 0.5) is 4.79 Å². The van der Waals surface area contributed by atoms with Crippen molar-refractivity contribution in [3.05, 3.63) is 23.6 Å². The zero-order chi connectivity index (χ0) is 18.4. The van der Waals surface area contributed by atoms with Crippen LogP contribution in [0.1, 0.15) is 20.8 Å². The van der Waals surface area contributed by atoms with Crippen molar-refractivity contribution >= 4 is 28.6 Å². The summed E-state index contributed by atoms with van der Waals surface area (Å²) in [6.45, 7) is 6.28. The van der Waals surface area contributed by atoms with Gasteiger partial charge in [-0.15, -0.1) is 0 Å². The van der Waals surface area contributed by atoms with Crippen molar-refractivity contribution in [2.24, 2.45) is 5.41 Å². The van der Waals surface area contributed by atoms with Crippen molar-refractivity contribution in [2.75, 3.05) is 13.7 Å². The van der Waals surface area contributed by atoms with Gasteiger partial charge in [0.1, 0.15) is 17.6 Å². The molecule has 0 aliphatic carbocycles. The lowest BCUT2D eigenvalue weighted by Gasteiger charge is -2.51. The molecule has 0 spiro atoms. The monoisotopic (exact) mass is 365 g/mol. The second-order valence-electron chi connectivity index (χ2n) is 7.09. The van der Waals surface area contributed by atoms with Crippen molar-refractivity contribution in [1.29, 1.82) is 0 Å². The molecule has 1 saturated heterocycles. The molecule has 134 valence electrons. The first-order valence-electron chi connectivity index (χ1n) is 7.87. The SMILES string of the molecule is COc1cc2ncnc(Cl)c2cc1OC1CN(C(=O)O)C1C(C)(C)C. The summed E-state index contributed by atoms with van der Waals surface area (Å²) in [4.78, 5) is 20.9. The number of carboxylic acid groups (broad SMARTS) is 1. The summed E-state index contributed by atoms with van der Waals surface area (Å²) in [7, 11) is 1.54. The van der Waals surface area contributed by atoms with E-state index in [4.69, 9.17) is 21.1 Å². The van der Waals surface area contributed by atoms with Gasteiger partial charge >= 0.3 is 6.09 Å². The molecule has 1 aliphatic rings. The summed E-state index contributed by atoms with van der Waals surface area (Å²) in [6, 6.07) is 3.21. The molecular weight excluding hydrogens is 346 g/mol. The fourth-order valence-corrected chi connectivity index (χ4v) is 3.44. The molecule has 1 N–H and O–H groups in total. The Hall–Kier alpha value is -2.28.